The van der Waals surface area contributed by atoms with E-state index in [1.165, 1.54) is 0 Å². The van der Waals surface area contributed by atoms with Gasteiger partial charge in [0.2, 0.25) is 11.8 Å². The van der Waals surface area contributed by atoms with Crippen molar-refractivity contribution in [1.82, 2.24) is 10.2 Å². The summed E-state index contributed by atoms with van der Waals surface area (Å²) in [4.78, 5) is 0. The number of para-hydroxylation sites is 2. The fraction of sp³-hybridized carbons (Fsp3) is 0.273. The molecule has 0 bridgehead atoms. The Morgan fingerprint density at radius 3 is 1.50 bits per heavy atom. The molecule has 1 aromatic heterocycles. The normalized spacial score (nSPS) is 19.9. The first-order valence-corrected chi connectivity index (χ1v) is 9.42. The standard InChI is InChI=1S/C22H20N2O4/c1-3-7-19(15(5-1)11-17-13-25-17)27-21-9-10-22(24-23-21)28-20-8-4-2-6-16(20)12-18-14-26-18/h1-10,17-18H,11-14H2. The summed E-state index contributed by atoms with van der Waals surface area (Å²) in [7, 11) is 0. The van der Waals surface area contributed by atoms with Gasteiger partial charge in [0.05, 0.1) is 25.4 Å². The molecule has 0 amide bonds. The van der Waals surface area contributed by atoms with Crippen LogP contribution in [0.3, 0.4) is 0 Å². The van der Waals surface area contributed by atoms with Crippen LogP contribution in [0.4, 0.5) is 0 Å². The number of rotatable bonds is 8. The number of epoxide rings is 2. The van der Waals surface area contributed by atoms with E-state index < -0.39 is 0 Å². The van der Waals surface area contributed by atoms with Crippen molar-refractivity contribution in [3.8, 4) is 23.3 Å². The van der Waals surface area contributed by atoms with Crippen LogP contribution in [-0.2, 0) is 22.3 Å². The molecule has 0 spiro atoms. The van der Waals surface area contributed by atoms with E-state index >= 15 is 0 Å². The first-order chi connectivity index (χ1) is 13.8. The molecule has 3 aromatic rings. The average Bonchev–Trinajstić information content (AvgIpc) is 3.63. The van der Waals surface area contributed by atoms with E-state index in [2.05, 4.69) is 10.2 Å². The van der Waals surface area contributed by atoms with Gasteiger partial charge in [-0.1, -0.05) is 36.4 Å². The highest BCUT2D eigenvalue weighted by atomic mass is 16.6. The van der Waals surface area contributed by atoms with Crippen molar-refractivity contribution in [3.63, 3.8) is 0 Å². The SMILES string of the molecule is c1ccc(Oc2ccc(Oc3ccccc3CC3CO3)nn2)c(CC2CO2)c1. The first-order valence-electron chi connectivity index (χ1n) is 9.42. The maximum absolute atomic E-state index is 5.93. The largest absolute Gasteiger partial charge is 0.437 e. The molecule has 0 radical (unpaired) electrons. The third kappa shape index (κ3) is 4.30. The van der Waals surface area contributed by atoms with E-state index in [-0.39, 0.29) is 0 Å². The van der Waals surface area contributed by atoms with Crippen molar-refractivity contribution in [2.75, 3.05) is 13.2 Å². The summed E-state index contributed by atoms with van der Waals surface area (Å²) in [5, 5.41) is 8.31. The molecule has 2 fully saturated rings. The molecular weight excluding hydrogens is 356 g/mol. The van der Waals surface area contributed by atoms with Gasteiger partial charge in [0.15, 0.2) is 0 Å². The van der Waals surface area contributed by atoms with E-state index in [1.807, 2.05) is 48.5 Å². The molecule has 2 unspecified atom stereocenters. The van der Waals surface area contributed by atoms with Crippen LogP contribution in [0.15, 0.2) is 60.7 Å². The van der Waals surface area contributed by atoms with Gasteiger partial charge in [-0.2, -0.15) is 0 Å². The molecule has 6 heteroatoms. The first kappa shape index (κ1) is 17.2. The summed E-state index contributed by atoms with van der Waals surface area (Å²) in [6.07, 6.45) is 2.28. The monoisotopic (exact) mass is 376 g/mol. The second-order valence-electron chi connectivity index (χ2n) is 6.95. The second-order valence-corrected chi connectivity index (χ2v) is 6.95. The minimum atomic E-state index is 0.299. The van der Waals surface area contributed by atoms with Gasteiger partial charge in [0.1, 0.15) is 11.5 Å². The molecule has 28 heavy (non-hydrogen) atoms. The zero-order chi connectivity index (χ0) is 18.8. The van der Waals surface area contributed by atoms with Crippen LogP contribution >= 0.6 is 0 Å². The van der Waals surface area contributed by atoms with Gasteiger partial charge in [-0.15, -0.1) is 10.2 Å². The Balaban J connectivity index is 1.28. The maximum atomic E-state index is 5.93. The lowest BCUT2D eigenvalue weighted by molar-refractivity contribution is 0.396. The lowest BCUT2D eigenvalue weighted by atomic mass is 10.1. The van der Waals surface area contributed by atoms with Crippen molar-refractivity contribution in [2.24, 2.45) is 0 Å². The quantitative estimate of drug-likeness (QED) is 0.555. The second kappa shape index (κ2) is 7.58. The van der Waals surface area contributed by atoms with Gasteiger partial charge in [-0.05, 0) is 23.3 Å². The number of nitrogens with zero attached hydrogens (tertiary/aromatic N) is 2. The lowest BCUT2D eigenvalue weighted by Gasteiger charge is -2.11. The molecular formula is C22H20N2O4. The van der Waals surface area contributed by atoms with Crippen LogP contribution in [0, 0.1) is 0 Å². The molecule has 0 N–H and O–H groups in total. The zero-order valence-corrected chi connectivity index (χ0v) is 15.3. The minimum Gasteiger partial charge on any atom is -0.437 e. The predicted octanol–water partition coefficient (Wildman–Crippen LogP) is 3.94. The molecule has 5 rings (SSSR count). The minimum absolute atomic E-state index is 0.299. The molecule has 2 aliphatic rings. The molecule has 3 heterocycles. The fourth-order valence-corrected chi connectivity index (χ4v) is 3.05. The summed E-state index contributed by atoms with van der Waals surface area (Å²) in [6.45, 7) is 1.63. The Morgan fingerprint density at radius 2 is 1.11 bits per heavy atom. The van der Waals surface area contributed by atoms with Gasteiger partial charge in [0.25, 0.3) is 0 Å². The van der Waals surface area contributed by atoms with Gasteiger partial charge in [-0.3, -0.25) is 0 Å². The van der Waals surface area contributed by atoms with E-state index in [0.717, 1.165) is 48.7 Å². The lowest BCUT2D eigenvalue weighted by Crippen LogP contribution is -2.00. The molecule has 2 aliphatic heterocycles. The summed E-state index contributed by atoms with van der Waals surface area (Å²) in [5.41, 5.74) is 2.20. The Kier molecular flexibility index (Phi) is 4.64. The van der Waals surface area contributed by atoms with Crippen LogP contribution in [0.25, 0.3) is 0 Å². The van der Waals surface area contributed by atoms with E-state index in [4.69, 9.17) is 18.9 Å². The van der Waals surface area contributed by atoms with Crippen molar-refractivity contribution >= 4 is 0 Å². The van der Waals surface area contributed by atoms with Gasteiger partial charge in [0, 0.05) is 25.0 Å². The Labute approximate surface area is 163 Å². The molecule has 0 saturated carbocycles. The Hall–Kier alpha value is -2.96. The summed E-state index contributed by atoms with van der Waals surface area (Å²) < 4.78 is 22.5. The van der Waals surface area contributed by atoms with Crippen molar-refractivity contribution in [1.29, 1.82) is 0 Å². The van der Waals surface area contributed by atoms with Crippen LogP contribution in [0.2, 0.25) is 0 Å². The molecule has 142 valence electrons. The number of ether oxygens (including phenoxy) is 4. The van der Waals surface area contributed by atoms with Crippen LogP contribution in [-0.4, -0.2) is 35.6 Å². The van der Waals surface area contributed by atoms with E-state index in [9.17, 15) is 0 Å². The zero-order valence-electron chi connectivity index (χ0n) is 15.3. The van der Waals surface area contributed by atoms with E-state index in [0.29, 0.717) is 24.0 Å². The van der Waals surface area contributed by atoms with Crippen LogP contribution in [0.1, 0.15) is 11.1 Å². The molecule has 6 nitrogen and oxygen atoms in total. The number of hydrogen-bond donors (Lipinski definition) is 0. The van der Waals surface area contributed by atoms with Crippen molar-refractivity contribution < 1.29 is 18.9 Å². The Morgan fingerprint density at radius 1 is 0.679 bits per heavy atom. The van der Waals surface area contributed by atoms with Crippen molar-refractivity contribution in [2.45, 2.75) is 25.0 Å². The van der Waals surface area contributed by atoms with Crippen LogP contribution in [0.5, 0.6) is 23.3 Å². The van der Waals surface area contributed by atoms with Gasteiger partial charge in [-0.25, -0.2) is 0 Å². The molecule has 2 aromatic carbocycles. The summed E-state index contributed by atoms with van der Waals surface area (Å²) in [6, 6.07) is 19.4. The Bertz CT molecular complexity index is 874. The highest BCUT2D eigenvalue weighted by Crippen LogP contribution is 2.30. The topological polar surface area (TPSA) is 69.3 Å². The highest BCUT2D eigenvalue weighted by Gasteiger charge is 2.25. The highest BCUT2D eigenvalue weighted by molar-refractivity contribution is 5.38. The number of aromatic nitrogens is 2. The molecule has 2 saturated heterocycles. The third-order valence-electron chi connectivity index (χ3n) is 4.69. The van der Waals surface area contributed by atoms with Gasteiger partial charge >= 0.3 is 0 Å². The molecule has 2 atom stereocenters. The van der Waals surface area contributed by atoms with Gasteiger partial charge < -0.3 is 18.9 Å². The van der Waals surface area contributed by atoms with Crippen LogP contribution < -0.4 is 9.47 Å². The number of benzene rings is 2. The summed E-state index contributed by atoms with van der Waals surface area (Å²) >= 11 is 0. The molecule has 0 aliphatic carbocycles. The average molecular weight is 376 g/mol. The third-order valence-corrected chi connectivity index (χ3v) is 4.69. The van der Waals surface area contributed by atoms with E-state index in [1.54, 1.807) is 12.1 Å². The maximum Gasteiger partial charge on any atom is 0.239 e. The summed E-state index contributed by atoms with van der Waals surface area (Å²) in [5.74, 6) is 2.40. The van der Waals surface area contributed by atoms with Crippen molar-refractivity contribution in [3.05, 3.63) is 71.8 Å². The smallest absolute Gasteiger partial charge is 0.239 e. The fourth-order valence-electron chi connectivity index (χ4n) is 3.05. The predicted molar refractivity (Wildman–Crippen MR) is 102 cm³/mol. The number of hydrogen-bond acceptors (Lipinski definition) is 6.